The van der Waals surface area contributed by atoms with Crippen molar-refractivity contribution in [3.63, 3.8) is 0 Å². The van der Waals surface area contributed by atoms with Crippen molar-refractivity contribution in [1.29, 1.82) is 0 Å². The number of amides is 1. The Hall–Kier alpha value is -2.96. The van der Waals surface area contributed by atoms with Crippen LogP contribution in [-0.4, -0.2) is 66.6 Å². The lowest BCUT2D eigenvalue weighted by Crippen LogP contribution is -2.53. The van der Waals surface area contributed by atoms with Crippen LogP contribution in [0.15, 0.2) is 30.5 Å². The summed E-state index contributed by atoms with van der Waals surface area (Å²) in [6.07, 6.45) is 4.52. The molecule has 1 aromatic carbocycles. The van der Waals surface area contributed by atoms with E-state index in [0.717, 1.165) is 24.2 Å². The molecule has 1 atom stereocenters. The van der Waals surface area contributed by atoms with Crippen molar-refractivity contribution >= 4 is 39.1 Å². The van der Waals surface area contributed by atoms with E-state index < -0.39 is 15.9 Å². The van der Waals surface area contributed by atoms with E-state index in [2.05, 4.69) is 20.2 Å². The molecule has 2 aromatic rings. The number of benzene rings is 1. The lowest BCUT2D eigenvalue weighted by atomic mass is 10.2. The molecular formula is C20H28N8O3S. The van der Waals surface area contributed by atoms with Crippen LogP contribution in [-0.2, 0) is 10.0 Å². The third-order valence-corrected chi connectivity index (χ3v) is 7.09. The minimum absolute atomic E-state index is 0.0992. The summed E-state index contributed by atoms with van der Waals surface area (Å²) >= 11 is 0. The molecule has 1 saturated heterocycles. The van der Waals surface area contributed by atoms with Gasteiger partial charge in [-0.1, -0.05) is 0 Å². The minimum atomic E-state index is -3.20. The zero-order chi connectivity index (χ0) is 23.0. The zero-order valence-electron chi connectivity index (χ0n) is 18.1. The average Bonchev–Trinajstić information content (AvgIpc) is 3.58. The normalized spacial score (nSPS) is 19.6. The van der Waals surface area contributed by atoms with E-state index in [4.69, 9.17) is 11.6 Å². The van der Waals surface area contributed by atoms with Gasteiger partial charge in [-0.2, -0.15) is 9.29 Å². The van der Waals surface area contributed by atoms with Gasteiger partial charge >= 0.3 is 0 Å². The van der Waals surface area contributed by atoms with Gasteiger partial charge in [-0.05, 0) is 44.0 Å². The van der Waals surface area contributed by atoms with Gasteiger partial charge in [-0.25, -0.2) is 19.2 Å². The highest BCUT2D eigenvalue weighted by Gasteiger charge is 2.31. The number of nitrogens with one attached hydrogen (secondary N) is 1. The molecule has 12 heteroatoms. The maximum atomic E-state index is 11.9. The van der Waals surface area contributed by atoms with Gasteiger partial charge in [0.05, 0.1) is 6.26 Å². The van der Waals surface area contributed by atoms with Crippen molar-refractivity contribution < 1.29 is 13.2 Å². The molecule has 1 aliphatic heterocycles. The lowest BCUT2D eigenvalue weighted by molar-refractivity contribution is 0.1000. The number of nitrogens with zero attached hydrogens (tertiary/aromatic N) is 5. The quantitative estimate of drug-likeness (QED) is 0.399. The summed E-state index contributed by atoms with van der Waals surface area (Å²) in [7, 11) is -3.20. The van der Waals surface area contributed by atoms with E-state index in [-0.39, 0.29) is 17.6 Å². The van der Waals surface area contributed by atoms with Crippen LogP contribution < -0.4 is 26.8 Å². The van der Waals surface area contributed by atoms with Gasteiger partial charge in [0, 0.05) is 49.3 Å². The highest BCUT2D eigenvalue weighted by molar-refractivity contribution is 7.88. The van der Waals surface area contributed by atoms with E-state index >= 15 is 0 Å². The third-order valence-electron chi connectivity index (χ3n) is 5.70. The summed E-state index contributed by atoms with van der Waals surface area (Å²) in [6.45, 7) is 3.61. The van der Waals surface area contributed by atoms with Crippen LogP contribution in [0, 0.1) is 0 Å². The van der Waals surface area contributed by atoms with E-state index in [0.29, 0.717) is 31.4 Å². The van der Waals surface area contributed by atoms with Crippen molar-refractivity contribution in [3.05, 3.63) is 36.0 Å². The molecule has 4 rings (SSSR count). The van der Waals surface area contributed by atoms with Crippen molar-refractivity contribution in [2.75, 3.05) is 41.1 Å². The Morgan fingerprint density at radius 1 is 1.22 bits per heavy atom. The van der Waals surface area contributed by atoms with Gasteiger partial charge in [-0.15, -0.1) is 0 Å². The van der Waals surface area contributed by atoms with Crippen LogP contribution in [0.1, 0.15) is 30.1 Å². The Kier molecular flexibility index (Phi) is 5.93. The number of carbonyl (C=O) groups is 1. The van der Waals surface area contributed by atoms with E-state index in [9.17, 15) is 13.2 Å². The standard InChI is InChI=1S/C20H28N8O3S/c1-13-12-26(9-10-27(13)32(2,30)31)15-5-3-14(4-6-15)24-20-23-11-17(18(21)29)19(25-20)28(22)16-7-8-16/h3-6,11,13,16H,7-10,12,22H2,1-2H3,(H2,21,29)(H,23,24,25)/t13-/m0/s1. The summed E-state index contributed by atoms with van der Waals surface area (Å²) < 4.78 is 25.3. The Morgan fingerprint density at radius 2 is 1.91 bits per heavy atom. The average molecular weight is 461 g/mol. The minimum Gasteiger partial charge on any atom is -0.369 e. The highest BCUT2D eigenvalue weighted by atomic mass is 32.2. The Bertz CT molecular complexity index is 1100. The maximum absolute atomic E-state index is 11.9. The van der Waals surface area contributed by atoms with Gasteiger partial charge < -0.3 is 16.0 Å². The molecule has 1 aliphatic carbocycles. The molecule has 32 heavy (non-hydrogen) atoms. The summed E-state index contributed by atoms with van der Waals surface area (Å²) in [5, 5.41) is 4.61. The monoisotopic (exact) mass is 460 g/mol. The molecule has 1 saturated carbocycles. The molecule has 2 aliphatic rings. The maximum Gasteiger partial charge on any atom is 0.254 e. The number of hydrogen-bond donors (Lipinski definition) is 3. The lowest BCUT2D eigenvalue weighted by Gasteiger charge is -2.39. The Morgan fingerprint density at radius 3 is 2.47 bits per heavy atom. The largest absolute Gasteiger partial charge is 0.369 e. The highest BCUT2D eigenvalue weighted by Crippen LogP contribution is 2.30. The number of rotatable bonds is 7. The number of anilines is 4. The first-order valence-corrected chi connectivity index (χ1v) is 12.3. The van der Waals surface area contributed by atoms with E-state index in [1.807, 2.05) is 31.2 Å². The molecular weight excluding hydrogens is 432 g/mol. The molecule has 2 heterocycles. The first-order valence-electron chi connectivity index (χ1n) is 10.4. The molecule has 0 unspecified atom stereocenters. The van der Waals surface area contributed by atoms with E-state index in [1.165, 1.54) is 21.8 Å². The van der Waals surface area contributed by atoms with Crippen LogP contribution in [0.25, 0.3) is 0 Å². The van der Waals surface area contributed by atoms with Crippen LogP contribution in [0.3, 0.4) is 0 Å². The van der Waals surface area contributed by atoms with Gasteiger partial charge in [0.2, 0.25) is 16.0 Å². The first-order chi connectivity index (χ1) is 15.1. The summed E-state index contributed by atoms with van der Waals surface area (Å²) in [4.78, 5) is 22.5. The van der Waals surface area contributed by atoms with Crippen LogP contribution in [0.5, 0.6) is 0 Å². The molecule has 172 valence electrons. The van der Waals surface area contributed by atoms with Gasteiger partial charge in [0.15, 0.2) is 5.82 Å². The van der Waals surface area contributed by atoms with Crippen LogP contribution in [0.2, 0.25) is 0 Å². The smallest absolute Gasteiger partial charge is 0.254 e. The number of nitrogens with two attached hydrogens (primary N) is 2. The second kappa shape index (κ2) is 8.52. The molecule has 1 amide bonds. The van der Waals surface area contributed by atoms with Crippen LogP contribution >= 0.6 is 0 Å². The molecule has 1 aromatic heterocycles. The van der Waals surface area contributed by atoms with Crippen LogP contribution in [0.4, 0.5) is 23.1 Å². The fourth-order valence-electron chi connectivity index (χ4n) is 3.88. The number of primary amides is 1. The molecule has 2 fully saturated rings. The fraction of sp³-hybridized carbons (Fsp3) is 0.450. The number of carbonyl (C=O) groups excluding carboxylic acids is 1. The Labute approximate surface area is 187 Å². The van der Waals surface area contributed by atoms with Gasteiger partial charge in [0.1, 0.15) is 5.56 Å². The second-order valence-corrected chi connectivity index (χ2v) is 10.2. The number of hydrogen-bond acceptors (Lipinski definition) is 9. The van der Waals surface area contributed by atoms with Crippen molar-refractivity contribution in [3.8, 4) is 0 Å². The zero-order valence-corrected chi connectivity index (χ0v) is 18.9. The SMILES string of the molecule is C[C@H]1CN(c2ccc(Nc3ncc(C(N)=O)c(N(N)C4CC4)n3)cc2)CCN1S(C)(=O)=O. The van der Waals surface area contributed by atoms with Crippen molar-refractivity contribution in [2.24, 2.45) is 11.6 Å². The topological polar surface area (TPSA) is 151 Å². The third kappa shape index (κ3) is 4.76. The second-order valence-electron chi connectivity index (χ2n) is 8.27. The summed E-state index contributed by atoms with van der Waals surface area (Å²) in [5.74, 6) is 6.11. The molecule has 0 bridgehead atoms. The van der Waals surface area contributed by atoms with Gasteiger partial charge in [-0.3, -0.25) is 9.80 Å². The number of sulfonamides is 1. The predicted molar refractivity (Wildman–Crippen MR) is 123 cm³/mol. The molecule has 0 radical (unpaired) electrons. The molecule has 11 nitrogen and oxygen atoms in total. The fourth-order valence-corrected chi connectivity index (χ4v) is 5.02. The number of aromatic nitrogens is 2. The van der Waals surface area contributed by atoms with Crippen molar-refractivity contribution in [1.82, 2.24) is 14.3 Å². The Balaban J connectivity index is 1.46. The molecule has 5 N–H and O–H groups in total. The van der Waals surface area contributed by atoms with E-state index in [1.54, 1.807) is 0 Å². The van der Waals surface area contributed by atoms with Gasteiger partial charge in [0.25, 0.3) is 5.91 Å². The number of hydrazine groups is 1. The summed E-state index contributed by atoms with van der Waals surface area (Å²) in [6, 6.07) is 7.77. The summed E-state index contributed by atoms with van der Waals surface area (Å²) in [5.41, 5.74) is 7.40. The van der Waals surface area contributed by atoms with Crippen molar-refractivity contribution in [2.45, 2.75) is 31.8 Å². The predicted octanol–water partition coefficient (Wildman–Crippen LogP) is 0.632. The number of piperazine rings is 1. The molecule has 0 spiro atoms. The first kappa shape index (κ1) is 22.2.